The van der Waals surface area contributed by atoms with Crippen molar-refractivity contribution in [3.63, 3.8) is 0 Å². The molecule has 88 valence electrons. The Morgan fingerprint density at radius 1 is 1.35 bits per heavy atom. The smallest absolute Gasteiger partial charge is 0.150 e. The molecule has 0 radical (unpaired) electrons. The van der Waals surface area contributed by atoms with Crippen LogP contribution in [0.15, 0.2) is 30.6 Å². The van der Waals surface area contributed by atoms with E-state index in [9.17, 15) is 4.39 Å². The molecule has 0 amide bonds. The highest BCUT2D eigenvalue weighted by Gasteiger charge is 2.05. The van der Waals surface area contributed by atoms with Crippen LogP contribution in [0, 0.1) is 5.82 Å². The molecular formula is C11H10ClFN4. The number of hydrogen-bond acceptors (Lipinski definition) is 4. The largest absolute Gasteiger partial charge is 0.382 e. The number of nitrogens with two attached hydrogens (primary N) is 1. The molecule has 0 saturated carbocycles. The molecule has 0 aliphatic heterocycles. The van der Waals surface area contributed by atoms with Gasteiger partial charge in [-0.05, 0) is 17.7 Å². The predicted molar refractivity (Wildman–Crippen MR) is 65.2 cm³/mol. The molecule has 1 aromatic carbocycles. The van der Waals surface area contributed by atoms with Crippen LogP contribution in [0.2, 0.25) is 5.02 Å². The third-order valence-electron chi connectivity index (χ3n) is 2.17. The first-order valence-corrected chi connectivity index (χ1v) is 5.29. The number of hydrogen-bond donors (Lipinski definition) is 2. The quantitative estimate of drug-likeness (QED) is 0.881. The number of nitrogen functional groups attached to an aromatic ring is 1. The summed E-state index contributed by atoms with van der Waals surface area (Å²) < 4.78 is 12.9. The molecule has 1 heterocycles. The maximum Gasteiger partial charge on any atom is 0.150 e. The van der Waals surface area contributed by atoms with Crippen LogP contribution in [0.4, 0.5) is 16.0 Å². The number of anilines is 2. The summed E-state index contributed by atoms with van der Waals surface area (Å²) in [6.07, 6.45) is 1.31. The maximum absolute atomic E-state index is 12.9. The standard InChI is InChI=1S/C11H10ClFN4/c12-9-10(14)16-6-17-11(9)15-5-7-2-1-3-8(13)4-7/h1-4,6H,5H2,(H3,14,15,16,17). The highest BCUT2D eigenvalue weighted by molar-refractivity contribution is 6.35. The summed E-state index contributed by atoms with van der Waals surface area (Å²) in [7, 11) is 0. The molecule has 0 fully saturated rings. The van der Waals surface area contributed by atoms with Crippen LogP contribution < -0.4 is 11.1 Å². The second-order valence-electron chi connectivity index (χ2n) is 3.40. The molecule has 0 spiro atoms. The Hall–Kier alpha value is -1.88. The summed E-state index contributed by atoms with van der Waals surface area (Å²) in [6.45, 7) is 0.411. The van der Waals surface area contributed by atoms with Crippen LogP contribution >= 0.6 is 11.6 Å². The lowest BCUT2D eigenvalue weighted by Crippen LogP contribution is -2.04. The number of benzene rings is 1. The van der Waals surface area contributed by atoms with Crippen LogP contribution in [-0.2, 0) is 6.54 Å². The second-order valence-corrected chi connectivity index (χ2v) is 3.78. The van der Waals surface area contributed by atoms with E-state index in [2.05, 4.69) is 15.3 Å². The lowest BCUT2D eigenvalue weighted by molar-refractivity contribution is 0.626. The first-order valence-electron chi connectivity index (χ1n) is 4.91. The van der Waals surface area contributed by atoms with Gasteiger partial charge >= 0.3 is 0 Å². The minimum absolute atomic E-state index is 0.211. The number of nitrogens with one attached hydrogen (secondary N) is 1. The highest BCUT2D eigenvalue weighted by Crippen LogP contribution is 2.23. The molecule has 0 atom stereocenters. The normalized spacial score (nSPS) is 10.2. The molecule has 2 aromatic rings. The van der Waals surface area contributed by atoms with Crippen molar-refractivity contribution < 1.29 is 4.39 Å². The Morgan fingerprint density at radius 3 is 2.94 bits per heavy atom. The van der Waals surface area contributed by atoms with E-state index in [1.54, 1.807) is 12.1 Å². The summed E-state index contributed by atoms with van der Waals surface area (Å²) >= 11 is 5.90. The fourth-order valence-electron chi connectivity index (χ4n) is 1.34. The summed E-state index contributed by atoms with van der Waals surface area (Å²) in [5, 5.41) is 3.24. The van der Waals surface area contributed by atoms with Gasteiger partial charge in [0.1, 0.15) is 23.0 Å². The first-order chi connectivity index (χ1) is 8.16. The average Bonchev–Trinajstić information content (AvgIpc) is 2.31. The average molecular weight is 253 g/mol. The van der Waals surface area contributed by atoms with E-state index in [4.69, 9.17) is 17.3 Å². The third kappa shape index (κ3) is 2.82. The van der Waals surface area contributed by atoms with Gasteiger partial charge in [0.25, 0.3) is 0 Å². The zero-order valence-corrected chi connectivity index (χ0v) is 9.58. The maximum atomic E-state index is 12.9. The lowest BCUT2D eigenvalue weighted by Gasteiger charge is -2.08. The van der Waals surface area contributed by atoms with Gasteiger partial charge in [-0.2, -0.15) is 0 Å². The molecular weight excluding hydrogens is 243 g/mol. The Kier molecular flexibility index (Phi) is 3.39. The monoisotopic (exact) mass is 252 g/mol. The van der Waals surface area contributed by atoms with E-state index >= 15 is 0 Å². The Balaban J connectivity index is 2.10. The van der Waals surface area contributed by atoms with E-state index in [0.29, 0.717) is 12.4 Å². The van der Waals surface area contributed by atoms with Gasteiger partial charge in [0.15, 0.2) is 5.82 Å². The van der Waals surface area contributed by atoms with E-state index in [-0.39, 0.29) is 16.7 Å². The van der Waals surface area contributed by atoms with Gasteiger partial charge in [0.2, 0.25) is 0 Å². The molecule has 0 bridgehead atoms. The van der Waals surface area contributed by atoms with Gasteiger partial charge in [-0.1, -0.05) is 23.7 Å². The van der Waals surface area contributed by atoms with Gasteiger partial charge < -0.3 is 11.1 Å². The van der Waals surface area contributed by atoms with Crippen LogP contribution in [0.3, 0.4) is 0 Å². The van der Waals surface area contributed by atoms with E-state index in [1.807, 2.05) is 0 Å². The molecule has 0 aliphatic carbocycles. The van der Waals surface area contributed by atoms with Crippen LogP contribution in [0.25, 0.3) is 0 Å². The van der Waals surface area contributed by atoms with Gasteiger partial charge in [-0.15, -0.1) is 0 Å². The van der Waals surface area contributed by atoms with Crippen molar-refractivity contribution in [1.29, 1.82) is 0 Å². The van der Waals surface area contributed by atoms with E-state index < -0.39 is 0 Å². The zero-order valence-electron chi connectivity index (χ0n) is 8.82. The zero-order chi connectivity index (χ0) is 12.3. The second kappa shape index (κ2) is 4.97. The van der Waals surface area contributed by atoms with Gasteiger partial charge in [0.05, 0.1) is 0 Å². The van der Waals surface area contributed by atoms with Crippen molar-refractivity contribution in [2.45, 2.75) is 6.54 Å². The van der Waals surface area contributed by atoms with Crippen molar-refractivity contribution in [2.24, 2.45) is 0 Å². The van der Waals surface area contributed by atoms with Crippen LogP contribution in [0.1, 0.15) is 5.56 Å². The van der Waals surface area contributed by atoms with Crippen molar-refractivity contribution in [2.75, 3.05) is 11.1 Å². The lowest BCUT2D eigenvalue weighted by atomic mass is 10.2. The summed E-state index contributed by atoms with van der Waals surface area (Å²) in [5.74, 6) is 0.365. The first kappa shape index (κ1) is 11.6. The summed E-state index contributed by atoms with van der Waals surface area (Å²) in [5.41, 5.74) is 6.32. The summed E-state index contributed by atoms with van der Waals surface area (Å²) in [6, 6.07) is 6.27. The molecule has 17 heavy (non-hydrogen) atoms. The fourth-order valence-corrected chi connectivity index (χ4v) is 1.50. The van der Waals surface area contributed by atoms with Crippen LogP contribution in [0.5, 0.6) is 0 Å². The Labute approximate surface area is 103 Å². The van der Waals surface area contributed by atoms with Gasteiger partial charge in [-0.3, -0.25) is 0 Å². The van der Waals surface area contributed by atoms with Crippen molar-refractivity contribution in [1.82, 2.24) is 9.97 Å². The van der Waals surface area contributed by atoms with Crippen LogP contribution in [-0.4, -0.2) is 9.97 Å². The molecule has 0 unspecified atom stereocenters. The number of rotatable bonds is 3. The number of aromatic nitrogens is 2. The fraction of sp³-hybridized carbons (Fsp3) is 0.0909. The molecule has 4 nitrogen and oxygen atoms in total. The Bertz CT molecular complexity index is 533. The van der Waals surface area contributed by atoms with E-state index in [1.165, 1.54) is 18.5 Å². The van der Waals surface area contributed by atoms with E-state index in [0.717, 1.165) is 5.56 Å². The van der Waals surface area contributed by atoms with Gasteiger partial charge in [-0.25, -0.2) is 14.4 Å². The number of nitrogens with zero attached hydrogens (tertiary/aromatic N) is 2. The third-order valence-corrected chi connectivity index (χ3v) is 2.54. The minimum atomic E-state index is -0.280. The SMILES string of the molecule is Nc1ncnc(NCc2cccc(F)c2)c1Cl. The molecule has 1 aromatic heterocycles. The minimum Gasteiger partial charge on any atom is -0.382 e. The molecule has 6 heteroatoms. The Morgan fingerprint density at radius 2 is 2.18 bits per heavy atom. The molecule has 0 saturated heterocycles. The molecule has 3 N–H and O–H groups in total. The van der Waals surface area contributed by atoms with Gasteiger partial charge in [0, 0.05) is 6.54 Å². The topological polar surface area (TPSA) is 63.8 Å². The summed E-state index contributed by atoms with van der Waals surface area (Å²) in [4.78, 5) is 7.69. The molecule has 0 aliphatic rings. The van der Waals surface area contributed by atoms with Crippen molar-refractivity contribution >= 4 is 23.2 Å². The highest BCUT2D eigenvalue weighted by atomic mass is 35.5. The van der Waals surface area contributed by atoms with Crippen molar-refractivity contribution in [3.8, 4) is 0 Å². The predicted octanol–water partition coefficient (Wildman–Crippen LogP) is 2.46. The molecule has 2 rings (SSSR count). The number of halogens is 2. The van der Waals surface area contributed by atoms with Crippen molar-refractivity contribution in [3.05, 3.63) is 47.0 Å².